The van der Waals surface area contributed by atoms with Crippen molar-refractivity contribution in [2.75, 3.05) is 4.90 Å². The number of benzene rings is 2. The van der Waals surface area contributed by atoms with Crippen molar-refractivity contribution >= 4 is 52.2 Å². The first-order chi connectivity index (χ1) is 15.4. The lowest BCUT2D eigenvalue weighted by Crippen LogP contribution is -2.41. The molecule has 8 heteroatoms. The van der Waals surface area contributed by atoms with E-state index in [4.69, 9.17) is 28.0 Å². The van der Waals surface area contributed by atoms with E-state index in [-0.39, 0.29) is 41.5 Å². The number of amides is 2. The molecule has 6 rings (SSSR count). The third-order valence-corrected chi connectivity index (χ3v) is 7.98. The van der Waals surface area contributed by atoms with Gasteiger partial charge in [0.25, 0.3) is 0 Å². The maximum absolute atomic E-state index is 13.5. The minimum Gasteiger partial charge on any atom is -0.391 e. The van der Waals surface area contributed by atoms with Gasteiger partial charge in [-0.05, 0) is 55.7 Å². The number of nitrogens with zero attached hydrogens (tertiary/aromatic N) is 2. The standard InChI is InChI=1S/C24H18Cl2N2O4/c1-10(29)11-2-5-13(6-3-11)28-23(30)18-15-9-16(19(18)24(28)31)22-20(15)21(27-32-22)14-7-4-12(25)8-17(14)26/h2-8,15-16,18-20,22H,9H2,1H3/t15-,16-,18-,19-,20-,22-/m1/s1. The van der Waals surface area contributed by atoms with Crippen molar-refractivity contribution < 1.29 is 19.2 Å². The second-order valence-electron chi connectivity index (χ2n) is 8.93. The van der Waals surface area contributed by atoms with Gasteiger partial charge in [-0.15, -0.1) is 0 Å². The summed E-state index contributed by atoms with van der Waals surface area (Å²) in [6.07, 6.45) is 0.517. The molecular weight excluding hydrogens is 451 g/mol. The first-order valence-corrected chi connectivity index (χ1v) is 11.3. The average molecular weight is 469 g/mol. The van der Waals surface area contributed by atoms with E-state index >= 15 is 0 Å². The molecule has 2 aromatic rings. The molecule has 2 bridgehead atoms. The van der Waals surface area contributed by atoms with Crippen LogP contribution in [0.1, 0.15) is 29.3 Å². The van der Waals surface area contributed by atoms with Crippen molar-refractivity contribution in [2.45, 2.75) is 19.4 Å². The normalized spacial score (nSPS) is 32.1. The Hall–Kier alpha value is -2.70. The van der Waals surface area contributed by atoms with Crippen LogP contribution < -0.4 is 4.90 Å². The van der Waals surface area contributed by atoms with E-state index in [1.165, 1.54) is 11.8 Å². The highest BCUT2D eigenvalue weighted by atomic mass is 35.5. The Morgan fingerprint density at radius 2 is 1.69 bits per heavy atom. The quantitative estimate of drug-likeness (QED) is 0.494. The predicted molar refractivity (Wildman–Crippen MR) is 119 cm³/mol. The number of fused-ring (bicyclic) bond motifs is 8. The molecule has 2 amide bonds. The number of imide groups is 1. The van der Waals surface area contributed by atoms with Crippen LogP contribution in [0.2, 0.25) is 10.0 Å². The molecule has 0 spiro atoms. The summed E-state index contributed by atoms with van der Waals surface area (Å²) < 4.78 is 0. The second-order valence-corrected chi connectivity index (χ2v) is 9.77. The summed E-state index contributed by atoms with van der Waals surface area (Å²) in [5.41, 5.74) is 2.52. The molecule has 6 atom stereocenters. The topological polar surface area (TPSA) is 76.0 Å². The first kappa shape index (κ1) is 19.9. The molecule has 0 unspecified atom stereocenters. The van der Waals surface area contributed by atoms with Crippen LogP contribution in [0, 0.1) is 29.6 Å². The summed E-state index contributed by atoms with van der Waals surface area (Å²) in [5.74, 6) is -1.45. The molecule has 4 aliphatic rings. The molecule has 2 heterocycles. The first-order valence-electron chi connectivity index (χ1n) is 10.5. The van der Waals surface area contributed by atoms with Crippen molar-refractivity contribution in [3.8, 4) is 0 Å². The van der Waals surface area contributed by atoms with Gasteiger partial charge in [0.1, 0.15) is 6.10 Å². The number of anilines is 1. The molecule has 2 aromatic carbocycles. The lowest BCUT2D eigenvalue weighted by molar-refractivity contribution is -0.125. The lowest BCUT2D eigenvalue weighted by atomic mass is 9.71. The number of Topliss-reactive ketones (excluding diaryl/α,β-unsaturated/α-hetero) is 1. The molecule has 6 nitrogen and oxygen atoms in total. The van der Waals surface area contributed by atoms with Gasteiger partial charge in [-0.2, -0.15) is 0 Å². The van der Waals surface area contributed by atoms with Crippen LogP contribution in [0.25, 0.3) is 0 Å². The number of rotatable bonds is 3. The van der Waals surface area contributed by atoms with Crippen LogP contribution in [0.3, 0.4) is 0 Å². The fraction of sp³-hybridized carbons (Fsp3) is 0.333. The van der Waals surface area contributed by atoms with Crippen molar-refractivity contribution in [3.05, 3.63) is 63.6 Å². The van der Waals surface area contributed by atoms with E-state index < -0.39 is 11.8 Å². The van der Waals surface area contributed by atoms with E-state index in [0.29, 0.717) is 21.3 Å². The predicted octanol–water partition coefficient (Wildman–Crippen LogP) is 4.37. The molecule has 162 valence electrons. The van der Waals surface area contributed by atoms with Crippen molar-refractivity contribution in [1.29, 1.82) is 0 Å². The number of hydrogen-bond donors (Lipinski definition) is 0. The van der Waals surface area contributed by atoms with E-state index in [1.807, 2.05) is 6.07 Å². The molecule has 0 radical (unpaired) electrons. The minimum absolute atomic E-state index is 0.0408. The maximum Gasteiger partial charge on any atom is 0.238 e. The Bertz CT molecular complexity index is 1230. The number of hydrogen-bond acceptors (Lipinski definition) is 5. The zero-order chi connectivity index (χ0) is 22.3. The van der Waals surface area contributed by atoms with Crippen molar-refractivity contribution in [3.63, 3.8) is 0 Å². The number of oxime groups is 1. The van der Waals surface area contributed by atoms with Gasteiger partial charge in [0.05, 0.1) is 28.3 Å². The van der Waals surface area contributed by atoms with Gasteiger partial charge in [-0.3, -0.25) is 19.3 Å². The van der Waals surface area contributed by atoms with Crippen LogP contribution in [0.4, 0.5) is 5.69 Å². The zero-order valence-electron chi connectivity index (χ0n) is 17.0. The van der Waals surface area contributed by atoms with E-state index in [1.54, 1.807) is 36.4 Å². The molecule has 0 aromatic heterocycles. The summed E-state index contributed by atoms with van der Waals surface area (Å²) in [6, 6.07) is 11.9. The Kier molecular flexibility index (Phi) is 4.30. The SMILES string of the molecule is CC(=O)c1ccc(N2C(=O)[C@@H]3[C@H]4C[C@@H]([C@H]5ON=C(c6ccc(Cl)cc6Cl)[C@@H]45)[C@H]3C2=O)cc1. The van der Waals surface area contributed by atoms with E-state index in [0.717, 1.165) is 17.7 Å². The highest BCUT2D eigenvalue weighted by molar-refractivity contribution is 6.37. The Labute approximate surface area is 194 Å². The van der Waals surface area contributed by atoms with Crippen LogP contribution >= 0.6 is 23.2 Å². The van der Waals surface area contributed by atoms with Gasteiger partial charge >= 0.3 is 0 Å². The largest absolute Gasteiger partial charge is 0.391 e. The summed E-state index contributed by atoms with van der Waals surface area (Å²) in [5, 5.41) is 5.34. The maximum atomic E-state index is 13.5. The van der Waals surface area contributed by atoms with Gasteiger partial charge in [0, 0.05) is 28.0 Å². The number of carbonyl (C=O) groups is 3. The second kappa shape index (κ2) is 6.90. The third kappa shape index (κ3) is 2.60. The molecule has 1 saturated heterocycles. The zero-order valence-corrected chi connectivity index (χ0v) is 18.5. The fourth-order valence-corrected chi connectivity index (χ4v) is 6.65. The highest BCUT2D eigenvalue weighted by Gasteiger charge is 2.70. The van der Waals surface area contributed by atoms with Crippen molar-refractivity contribution in [1.82, 2.24) is 0 Å². The van der Waals surface area contributed by atoms with E-state index in [9.17, 15) is 14.4 Å². The van der Waals surface area contributed by atoms with Gasteiger partial charge in [-0.1, -0.05) is 34.4 Å². The Morgan fingerprint density at radius 3 is 2.34 bits per heavy atom. The van der Waals surface area contributed by atoms with Gasteiger partial charge in [0.15, 0.2) is 5.78 Å². The lowest BCUT2D eigenvalue weighted by Gasteiger charge is -2.30. The number of halogens is 2. The molecule has 2 aliphatic carbocycles. The molecule has 2 saturated carbocycles. The van der Waals surface area contributed by atoms with Crippen LogP contribution in [0.5, 0.6) is 0 Å². The number of ketones is 1. The Morgan fingerprint density at radius 1 is 1.00 bits per heavy atom. The molecule has 2 aliphatic heterocycles. The van der Waals surface area contributed by atoms with Crippen LogP contribution in [-0.2, 0) is 14.4 Å². The van der Waals surface area contributed by atoms with E-state index in [2.05, 4.69) is 5.16 Å². The smallest absolute Gasteiger partial charge is 0.238 e. The molecule has 32 heavy (non-hydrogen) atoms. The van der Waals surface area contributed by atoms with Gasteiger partial charge < -0.3 is 4.84 Å². The molecule has 0 N–H and O–H groups in total. The number of carbonyl (C=O) groups excluding carboxylic acids is 3. The highest BCUT2D eigenvalue weighted by Crippen LogP contribution is 2.62. The monoisotopic (exact) mass is 468 g/mol. The van der Waals surface area contributed by atoms with Crippen LogP contribution in [0.15, 0.2) is 47.6 Å². The third-order valence-electron chi connectivity index (χ3n) is 7.43. The van der Waals surface area contributed by atoms with Crippen LogP contribution in [-0.4, -0.2) is 29.4 Å². The summed E-state index contributed by atoms with van der Waals surface area (Å²) >= 11 is 12.5. The summed E-state index contributed by atoms with van der Waals surface area (Å²) in [6.45, 7) is 1.48. The van der Waals surface area contributed by atoms with Gasteiger partial charge in [-0.25, -0.2) is 0 Å². The summed E-state index contributed by atoms with van der Waals surface area (Å²) in [4.78, 5) is 45.5. The minimum atomic E-state index is -0.406. The molecule has 3 fully saturated rings. The average Bonchev–Trinajstić information content (AvgIpc) is 3.49. The summed E-state index contributed by atoms with van der Waals surface area (Å²) in [7, 11) is 0. The van der Waals surface area contributed by atoms with Gasteiger partial charge in [0.2, 0.25) is 11.8 Å². The van der Waals surface area contributed by atoms with Crippen molar-refractivity contribution in [2.24, 2.45) is 34.7 Å². The molecular formula is C24H18Cl2N2O4. The fourth-order valence-electron chi connectivity index (χ4n) is 6.14. The Balaban J connectivity index is 1.33.